The highest BCUT2D eigenvalue weighted by atomic mass is 28.3. The molecule has 2 aromatic carbocycles. The largest absolute Gasteiger partial charge is 0.459 e. The maximum absolute atomic E-state index is 5.76. The quantitative estimate of drug-likeness (QED) is 0.316. The van der Waals surface area contributed by atoms with Crippen LogP contribution in [-0.2, 0) is 4.53 Å². The van der Waals surface area contributed by atoms with Crippen LogP contribution in [0.1, 0.15) is 38.8 Å². The molecule has 0 spiro atoms. The van der Waals surface area contributed by atoms with Gasteiger partial charge in [0.1, 0.15) is 5.71 Å². The maximum Gasteiger partial charge on any atom is 0.266 e. The molecule has 0 atom stereocenters. The molecule has 0 aliphatic rings. The monoisotopic (exact) mass is 397 g/mol. The van der Waals surface area contributed by atoms with E-state index in [1.807, 2.05) is 0 Å². The summed E-state index contributed by atoms with van der Waals surface area (Å²) in [6.45, 7) is 17.0. The topological polar surface area (TPSA) is 28.1 Å². The lowest BCUT2D eigenvalue weighted by Crippen LogP contribution is -2.22. The van der Waals surface area contributed by atoms with Gasteiger partial charge in [0.15, 0.2) is 0 Å². The third-order valence-electron chi connectivity index (χ3n) is 4.89. The number of rotatable bonds is 10. The summed E-state index contributed by atoms with van der Waals surface area (Å²) in [6, 6.07) is 17.3. The minimum atomic E-state index is -1.25. The van der Waals surface area contributed by atoms with E-state index in [0.717, 1.165) is 43.0 Å². The summed E-state index contributed by atoms with van der Waals surface area (Å²) < 4.78 is 5.76. The van der Waals surface area contributed by atoms with E-state index in [4.69, 9.17) is 4.53 Å². The molecular formula is C23H35N3OSi. The van der Waals surface area contributed by atoms with Gasteiger partial charge in [-0.1, -0.05) is 24.3 Å². The van der Waals surface area contributed by atoms with E-state index in [-0.39, 0.29) is 0 Å². The minimum absolute atomic E-state index is 0.901. The SMILES string of the molecule is CCN(CC)c1ccc(C(=NO[SiH](C)C)c2ccc(N(CC)CC)cc2)cc1. The molecule has 0 bridgehead atoms. The first kappa shape index (κ1) is 22.0. The van der Waals surface area contributed by atoms with Gasteiger partial charge in [-0.3, -0.25) is 0 Å². The van der Waals surface area contributed by atoms with Crippen LogP contribution in [0.15, 0.2) is 53.7 Å². The molecule has 0 heterocycles. The lowest BCUT2D eigenvalue weighted by Gasteiger charge is -2.22. The van der Waals surface area contributed by atoms with Gasteiger partial charge in [-0.2, -0.15) is 0 Å². The van der Waals surface area contributed by atoms with Gasteiger partial charge in [-0.15, -0.1) is 5.16 Å². The van der Waals surface area contributed by atoms with Gasteiger partial charge >= 0.3 is 0 Å². The summed E-state index contributed by atoms with van der Waals surface area (Å²) in [4.78, 5) is 4.69. The van der Waals surface area contributed by atoms with Crippen LogP contribution < -0.4 is 9.80 Å². The molecule has 2 rings (SSSR count). The number of hydrogen-bond donors (Lipinski definition) is 0. The fourth-order valence-electron chi connectivity index (χ4n) is 3.27. The highest BCUT2D eigenvalue weighted by Crippen LogP contribution is 2.21. The first-order valence-electron chi connectivity index (χ1n) is 10.5. The number of nitrogens with zero attached hydrogens (tertiary/aromatic N) is 3. The van der Waals surface area contributed by atoms with E-state index < -0.39 is 9.04 Å². The van der Waals surface area contributed by atoms with Gasteiger partial charge in [-0.25, -0.2) is 0 Å². The zero-order chi connectivity index (χ0) is 20.5. The predicted octanol–water partition coefficient (Wildman–Crippen LogP) is 5.13. The summed E-state index contributed by atoms with van der Waals surface area (Å²) in [5.41, 5.74) is 5.55. The first-order valence-corrected chi connectivity index (χ1v) is 13.3. The van der Waals surface area contributed by atoms with Gasteiger partial charge < -0.3 is 14.3 Å². The lowest BCUT2D eigenvalue weighted by atomic mass is 10.0. The van der Waals surface area contributed by atoms with Crippen LogP contribution in [-0.4, -0.2) is 40.9 Å². The molecule has 0 saturated heterocycles. The Hall–Kier alpha value is -2.27. The van der Waals surface area contributed by atoms with Crippen LogP contribution in [0, 0.1) is 0 Å². The Labute approximate surface area is 172 Å². The van der Waals surface area contributed by atoms with Crippen LogP contribution in [0.5, 0.6) is 0 Å². The normalized spacial score (nSPS) is 10.7. The second-order valence-corrected chi connectivity index (χ2v) is 9.34. The minimum Gasteiger partial charge on any atom is -0.459 e. The second kappa shape index (κ2) is 10.9. The van der Waals surface area contributed by atoms with E-state index in [9.17, 15) is 0 Å². The van der Waals surface area contributed by atoms with E-state index >= 15 is 0 Å². The number of benzene rings is 2. The van der Waals surface area contributed by atoms with Crippen LogP contribution in [0.2, 0.25) is 13.1 Å². The van der Waals surface area contributed by atoms with Crippen molar-refractivity contribution in [2.75, 3.05) is 36.0 Å². The van der Waals surface area contributed by atoms with Crippen molar-refractivity contribution >= 4 is 26.1 Å². The molecule has 0 aliphatic heterocycles. The van der Waals surface area contributed by atoms with E-state index in [0.29, 0.717) is 0 Å². The number of anilines is 2. The molecule has 2 aromatic rings. The van der Waals surface area contributed by atoms with Crippen molar-refractivity contribution < 1.29 is 4.53 Å². The van der Waals surface area contributed by atoms with Crippen molar-refractivity contribution in [1.29, 1.82) is 0 Å². The van der Waals surface area contributed by atoms with Crippen molar-refractivity contribution in [3.8, 4) is 0 Å². The fraction of sp³-hybridized carbons (Fsp3) is 0.435. The second-order valence-electron chi connectivity index (χ2n) is 7.03. The first-order chi connectivity index (χ1) is 13.5. The molecule has 0 saturated carbocycles. The lowest BCUT2D eigenvalue weighted by molar-refractivity contribution is 0.352. The van der Waals surface area contributed by atoms with E-state index in [2.05, 4.69) is 104 Å². The molecule has 152 valence electrons. The Balaban J connectivity index is 2.36. The van der Waals surface area contributed by atoms with Crippen molar-refractivity contribution in [2.45, 2.75) is 40.8 Å². The van der Waals surface area contributed by atoms with Gasteiger partial charge in [0.2, 0.25) is 0 Å². The summed E-state index contributed by atoms with van der Waals surface area (Å²) >= 11 is 0. The third-order valence-corrected chi connectivity index (χ3v) is 5.42. The Morgan fingerprint density at radius 1 is 0.714 bits per heavy atom. The summed E-state index contributed by atoms with van der Waals surface area (Å²) in [7, 11) is -1.25. The highest BCUT2D eigenvalue weighted by Gasteiger charge is 2.11. The van der Waals surface area contributed by atoms with E-state index in [1.54, 1.807) is 0 Å². The molecule has 0 N–H and O–H groups in total. The molecule has 4 nitrogen and oxygen atoms in total. The van der Waals surface area contributed by atoms with Gasteiger partial charge in [-0.05, 0) is 65.1 Å². The fourth-order valence-corrected chi connectivity index (χ4v) is 3.58. The smallest absolute Gasteiger partial charge is 0.266 e. The summed E-state index contributed by atoms with van der Waals surface area (Å²) in [5.74, 6) is 0. The van der Waals surface area contributed by atoms with Crippen molar-refractivity contribution in [3.05, 3.63) is 59.7 Å². The molecule has 0 aliphatic carbocycles. The van der Waals surface area contributed by atoms with Gasteiger partial charge in [0, 0.05) is 48.7 Å². The predicted molar refractivity (Wildman–Crippen MR) is 126 cm³/mol. The molecule has 0 fully saturated rings. The van der Waals surface area contributed by atoms with E-state index in [1.165, 1.54) is 11.4 Å². The van der Waals surface area contributed by atoms with Crippen LogP contribution in [0.4, 0.5) is 11.4 Å². The average Bonchev–Trinajstić information content (AvgIpc) is 2.72. The molecule has 0 amide bonds. The molecule has 0 radical (unpaired) electrons. The molecule has 0 aromatic heterocycles. The van der Waals surface area contributed by atoms with Crippen molar-refractivity contribution in [2.24, 2.45) is 5.16 Å². The number of hydrogen-bond acceptors (Lipinski definition) is 4. The van der Waals surface area contributed by atoms with Crippen LogP contribution >= 0.6 is 0 Å². The van der Waals surface area contributed by atoms with Gasteiger partial charge in [0.25, 0.3) is 9.04 Å². The van der Waals surface area contributed by atoms with Crippen LogP contribution in [0.25, 0.3) is 0 Å². The number of oxime groups is 1. The third kappa shape index (κ3) is 5.61. The van der Waals surface area contributed by atoms with Crippen molar-refractivity contribution in [1.82, 2.24) is 0 Å². The summed E-state index contributed by atoms with van der Waals surface area (Å²) in [5, 5.41) is 4.54. The van der Waals surface area contributed by atoms with Gasteiger partial charge in [0.05, 0.1) is 0 Å². The highest BCUT2D eigenvalue weighted by molar-refractivity contribution is 6.48. The molecule has 5 heteroatoms. The zero-order valence-electron chi connectivity index (χ0n) is 18.3. The zero-order valence-corrected chi connectivity index (χ0v) is 19.4. The van der Waals surface area contributed by atoms with Crippen LogP contribution in [0.3, 0.4) is 0 Å². The Morgan fingerprint density at radius 3 is 1.36 bits per heavy atom. The average molecular weight is 398 g/mol. The summed E-state index contributed by atoms with van der Waals surface area (Å²) in [6.07, 6.45) is 0. The Kier molecular flexibility index (Phi) is 8.58. The standard InChI is InChI=1S/C23H35N3OSi/c1-7-25(8-2)21-15-11-19(12-16-21)23(24-27-28(5)6)20-13-17-22(18-14-20)26(9-3)10-4/h11-18,28H,7-10H2,1-6H3. The maximum atomic E-state index is 5.76. The molecule has 0 unspecified atom stereocenters. The van der Waals surface area contributed by atoms with Crippen molar-refractivity contribution in [3.63, 3.8) is 0 Å². The molecule has 28 heavy (non-hydrogen) atoms. The molecular weight excluding hydrogens is 362 g/mol. The Bertz CT molecular complexity index is 676. The Morgan fingerprint density at radius 2 is 1.07 bits per heavy atom.